The van der Waals surface area contributed by atoms with Crippen molar-refractivity contribution in [2.45, 2.75) is 45.1 Å². The smallest absolute Gasteiger partial charge is 0.311 e. The molecule has 5 heteroatoms. The molecule has 0 unspecified atom stereocenters. The molecule has 126 valence electrons. The van der Waals surface area contributed by atoms with E-state index in [1.54, 1.807) is 14.0 Å². The quantitative estimate of drug-likeness (QED) is 0.615. The van der Waals surface area contributed by atoms with Crippen molar-refractivity contribution in [2.24, 2.45) is 0 Å². The predicted octanol–water partition coefficient (Wildman–Crippen LogP) is 1.80. The van der Waals surface area contributed by atoms with E-state index in [9.17, 15) is 9.59 Å². The Labute approximate surface area is 137 Å². The second-order valence-electron chi connectivity index (χ2n) is 5.90. The Bertz CT molecular complexity index is 556. The van der Waals surface area contributed by atoms with Gasteiger partial charge in [0, 0.05) is 13.7 Å². The van der Waals surface area contributed by atoms with Gasteiger partial charge in [0.1, 0.15) is 0 Å². The SMILES string of the molecule is COCCNC(=O)[C@H](C)OC(=O)Cc1ccc2c(c1)CCCC2. The van der Waals surface area contributed by atoms with E-state index in [-0.39, 0.29) is 18.3 Å². The van der Waals surface area contributed by atoms with Crippen molar-refractivity contribution >= 4 is 11.9 Å². The number of hydrogen-bond acceptors (Lipinski definition) is 4. The van der Waals surface area contributed by atoms with Crippen LogP contribution in [0, 0.1) is 0 Å². The lowest BCUT2D eigenvalue weighted by Gasteiger charge is -2.17. The number of amides is 1. The van der Waals surface area contributed by atoms with Crippen LogP contribution in [0.3, 0.4) is 0 Å². The van der Waals surface area contributed by atoms with Crippen LogP contribution in [0.1, 0.15) is 36.5 Å². The van der Waals surface area contributed by atoms with Crippen LogP contribution in [0.25, 0.3) is 0 Å². The predicted molar refractivity (Wildman–Crippen MR) is 87.2 cm³/mol. The minimum absolute atomic E-state index is 0.197. The largest absolute Gasteiger partial charge is 0.452 e. The summed E-state index contributed by atoms with van der Waals surface area (Å²) in [5, 5.41) is 2.65. The lowest BCUT2D eigenvalue weighted by Crippen LogP contribution is -2.37. The Morgan fingerprint density at radius 3 is 2.70 bits per heavy atom. The highest BCUT2D eigenvalue weighted by Gasteiger charge is 2.18. The van der Waals surface area contributed by atoms with Crippen molar-refractivity contribution in [3.05, 3.63) is 34.9 Å². The van der Waals surface area contributed by atoms with Gasteiger partial charge < -0.3 is 14.8 Å². The summed E-state index contributed by atoms with van der Waals surface area (Å²) in [5.41, 5.74) is 3.67. The molecule has 0 spiro atoms. The zero-order valence-electron chi connectivity index (χ0n) is 13.9. The molecular formula is C18H25NO4. The van der Waals surface area contributed by atoms with Crippen LogP contribution in [-0.2, 0) is 38.3 Å². The highest BCUT2D eigenvalue weighted by molar-refractivity contribution is 5.83. The number of esters is 1. The molecule has 1 aromatic rings. The summed E-state index contributed by atoms with van der Waals surface area (Å²) in [4.78, 5) is 23.8. The molecule has 0 saturated heterocycles. The number of hydrogen-bond donors (Lipinski definition) is 1. The van der Waals surface area contributed by atoms with Gasteiger partial charge in [0.25, 0.3) is 5.91 Å². The molecule has 1 atom stereocenters. The van der Waals surface area contributed by atoms with E-state index in [4.69, 9.17) is 9.47 Å². The number of carbonyl (C=O) groups is 2. The molecule has 1 amide bonds. The average molecular weight is 319 g/mol. The molecule has 1 aromatic carbocycles. The van der Waals surface area contributed by atoms with Crippen LogP contribution in [0.5, 0.6) is 0 Å². The number of ether oxygens (including phenoxy) is 2. The number of fused-ring (bicyclic) bond motifs is 1. The first-order chi connectivity index (χ1) is 11.1. The van der Waals surface area contributed by atoms with E-state index in [0.29, 0.717) is 13.2 Å². The van der Waals surface area contributed by atoms with Crippen LogP contribution >= 0.6 is 0 Å². The average Bonchev–Trinajstić information content (AvgIpc) is 2.54. The monoisotopic (exact) mass is 319 g/mol. The van der Waals surface area contributed by atoms with Gasteiger partial charge in [0.2, 0.25) is 0 Å². The van der Waals surface area contributed by atoms with Gasteiger partial charge >= 0.3 is 5.97 Å². The molecule has 1 aliphatic rings. The number of aryl methyl sites for hydroxylation is 2. The number of rotatable bonds is 7. The minimum atomic E-state index is -0.794. The summed E-state index contributed by atoms with van der Waals surface area (Å²) in [6.07, 6.45) is 4.05. The molecule has 0 radical (unpaired) electrons. The third-order valence-corrected chi connectivity index (χ3v) is 4.04. The Hall–Kier alpha value is -1.88. The fraction of sp³-hybridized carbons (Fsp3) is 0.556. The molecule has 0 aromatic heterocycles. The Balaban J connectivity index is 1.83. The third-order valence-electron chi connectivity index (χ3n) is 4.04. The van der Waals surface area contributed by atoms with Gasteiger partial charge in [-0.3, -0.25) is 9.59 Å². The molecule has 0 fully saturated rings. The number of nitrogens with one attached hydrogen (secondary N) is 1. The highest BCUT2D eigenvalue weighted by atomic mass is 16.5. The van der Waals surface area contributed by atoms with Crippen LogP contribution in [0.15, 0.2) is 18.2 Å². The molecule has 1 aliphatic carbocycles. The van der Waals surface area contributed by atoms with Gasteiger partial charge in [-0.05, 0) is 49.3 Å². The summed E-state index contributed by atoms with van der Waals surface area (Å²) in [6.45, 7) is 2.41. The van der Waals surface area contributed by atoms with E-state index in [0.717, 1.165) is 18.4 Å². The van der Waals surface area contributed by atoms with Crippen LogP contribution < -0.4 is 5.32 Å². The Morgan fingerprint density at radius 2 is 1.96 bits per heavy atom. The van der Waals surface area contributed by atoms with Crippen molar-refractivity contribution in [2.75, 3.05) is 20.3 Å². The number of benzene rings is 1. The van der Waals surface area contributed by atoms with Gasteiger partial charge in [-0.2, -0.15) is 0 Å². The molecule has 0 saturated carbocycles. The van der Waals surface area contributed by atoms with Gasteiger partial charge in [-0.15, -0.1) is 0 Å². The van der Waals surface area contributed by atoms with Crippen molar-refractivity contribution in [1.82, 2.24) is 5.32 Å². The lowest BCUT2D eigenvalue weighted by molar-refractivity contribution is -0.154. The Kier molecular flexibility index (Phi) is 6.59. The molecular weight excluding hydrogens is 294 g/mol. The molecule has 2 rings (SSSR count). The number of carbonyl (C=O) groups excluding carboxylic acids is 2. The minimum Gasteiger partial charge on any atom is -0.452 e. The van der Waals surface area contributed by atoms with Crippen LogP contribution in [0.4, 0.5) is 0 Å². The maximum Gasteiger partial charge on any atom is 0.311 e. The van der Waals surface area contributed by atoms with E-state index in [1.165, 1.54) is 24.0 Å². The van der Waals surface area contributed by atoms with Crippen molar-refractivity contribution < 1.29 is 19.1 Å². The van der Waals surface area contributed by atoms with Gasteiger partial charge in [0.15, 0.2) is 6.10 Å². The molecule has 0 aliphatic heterocycles. The van der Waals surface area contributed by atoms with E-state index in [1.807, 2.05) is 6.07 Å². The first kappa shape index (κ1) is 17.5. The molecule has 23 heavy (non-hydrogen) atoms. The van der Waals surface area contributed by atoms with Crippen LogP contribution in [0.2, 0.25) is 0 Å². The summed E-state index contributed by atoms with van der Waals surface area (Å²) in [7, 11) is 1.56. The summed E-state index contributed by atoms with van der Waals surface area (Å²) in [5.74, 6) is -0.684. The fourth-order valence-corrected chi connectivity index (χ4v) is 2.78. The zero-order chi connectivity index (χ0) is 16.7. The summed E-state index contributed by atoms with van der Waals surface area (Å²) in [6, 6.07) is 6.19. The maximum atomic E-state index is 12.0. The van der Waals surface area contributed by atoms with E-state index >= 15 is 0 Å². The van der Waals surface area contributed by atoms with Gasteiger partial charge in [-0.1, -0.05) is 18.2 Å². The van der Waals surface area contributed by atoms with Crippen LogP contribution in [-0.4, -0.2) is 38.2 Å². The van der Waals surface area contributed by atoms with Crippen molar-refractivity contribution in [1.29, 1.82) is 0 Å². The second-order valence-corrected chi connectivity index (χ2v) is 5.90. The molecule has 1 N–H and O–H groups in total. The number of methoxy groups -OCH3 is 1. The van der Waals surface area contributed by atoms with Gasteiger partial charge in [-0.25, -0.2) is 0 Å². The van der Waals surface area contributed by atoms with Gasteiger partial charge in [0.05, 0.1) is 13.0 Å². The van der Waals surface area contributed by atoms with E-state index in [2.05, 4.69) is 17.4 Å². The topological polar surface area (TPSA) is 64.6 Å². The zero-order valence-corrected chi connectivity index (χ0v) is 13.9. The standard InChI is InChI=1S/C18H25NO4/c1-13(18(21)19-9-10-22-2)23-17(20)12-14-7-8-15-5-3-4-6-16(15)11-14/h7-8,11,13H,3-6,9-10,12H2,1-2H3,(H,19,21)/t13-/m0/s1. The van der Waals surface area contributed by atoms with Crippen molar-refractivity contribution in [3.8, 4) is 0 Å². The summed E-state index contributed by atoms with van der Waals surface area (Å²) < 4.78 is 10.1. The third kappa shape index (κ3) is 5.36. The molecule has 0 heterocycles. The highest BCUT2D eigenvalue weighted by Crippen LogP contribution is 2.22. The lowest BCUT2D eigenvalue weighted by atomic mass is 9.90. The maximum absolute atomic E-state index is 12.0. The molecule has 5 nitrogen and oxygen atoms in total. The first-order valence-electron chi connectivity index (χ1n) is 8.17. The molecule has 0 bridgehead atoms. The van der Waals surface area contributed by atoms with Crippen molar-refractivity contribution in [3.63, 3.8) is 0 Å². The van der Waals surface area contributed by atoms with E-state index < -0.39 is 6.10 Å². The second kappa shape index (κ2) is 8.67. The normalized spacial score (nSPS) is 14.7. The first-order valence-corrected chi connectivity index (χ1v) is 8.17. The Morgan fingerprint density at radius 1 is 1.22 bits per heavy atom. The summed E-state index contributed by atoms with van der Waals surface area (Å²) >= 11 is 0. The fourth-order valence-electron chi connectivity index (χ4n) is 2.78.